The minimum atomic E-state index is -0.223. The predicted octanol–water partition coefficient (Wildman–Crippen LogP) is 2.60. The van der Waals surface area contributed by atoms with Crippen LogP contribution in [-0.4, -0.2) is 55.2 Å². The highest BCUT2D eigenvalue weighted by Gasteiger charge is 2.26. The van der Waals surface area contributed by atoms with Crippen LogP contribution in [0.15, 0.2) is 49.3 Å². The van der Waals surface area contributed by atoms with Crippen molar-refractivity contribution in [2.75, 3.05) is 18.1 Å². The smallest absolute Gasteiger partial charge is 0.263 e. The number of amides is 2. The summed E-state index contributed by atoms with van der Waals surface area (Å²) in [5.74, 6) is -0.265. The van der Waals surface area contributed by atoms with Crippen molar-refractivity contribution >= 4 is 33.9 Å². The highest BCUT2D eigenvalue weighted by molar-refractivity contribution is 7.17. The molecule has 2 amide bonds. The molecule has 4 aromatic rings. The minimum Gasteiger partial charge on any atom is -0.376 e. The molecule has 10 nitrogen and oxygen atoms in total. The van der Waals surface area contributed by atoms with Gasteiger partial charge in [0.05, 0.1) is 25.0 Å². The molecular weight excluding hydrogens is 466 g/mol. The largest absolute Gasteiger partial charge is 0.376 e. The second-order valence-electron chi connectivity index (χ2n) is 8.58. The molecule has 1 saturated heterocycles. The number of rotatable bonds is 9. The van der Waals surface area contributed by atoms with Gasteiger partial charge < -0.3 is 14.5 Å². The number of carbonyl (C=O) groups is 2. The molecule has 0 aromatic carbocycles. The lowest BCUT2D eigenvalue weighted by atomic mass is 10.1. The fourth-order valence-electron chi connectivity index (χ4n) is 4.10. The zero-order chi connectivity index (χ0) is 24.2. The van der Waals surface area contributed by atoms with Gasteiger partial charge in [-0.3, -0.25) is 19.2 Å². The SMILES string of the molecule is Cn1cc(CCC(=O)N(CC2CCCO2)c2ncc(C(=O)NCc3ccc4nccn4c3)s2)cn1. The van der Waals surface area contributed by atoms with Crippen molar-refractivity contribution < 1.29 is 14.3 Å². The molecule has 1 N–H and O–H groups in total. The average molecular weight is 494 g/mol. The van der Waals surface area contributed by atoms with Crippen LogP contribution in [0.2, 0.25) is 0 Å². The normalized spacial score (nSPS) is 15.5. The Bertz CT molecular complexity index is 1320. The number of ether oxygens (including phenoxy) is 1. The number of thiazole rings is 1. The molecule has 0 aliphatic carbocycles. The topological polar surface area (TPSA) is 107 Å². The third-order valence-corrected chi connectivity index (χ3v) is 6.97. The van der Waals surface area contributed by atoms with Gasteiger partial charge >= 0.3 is 0 Å². The first-order valence-electron chi connectivity index (χ1n) is 11.6. The third-order valence-electron chi connectivity index (χ3n) is 5.95. The number of pyridine rings is 1. The molecule has 35 heavy (non-hydrogen) atoms. The Morgan fingerprint density at radius 3 is 2.94 bits per heavy atom. The molecule has 0 bridgehead atoms. The molecule has 1 aliphatic rings. The van der Waals surface area contributed by atoms with Crippen molar-refractivity contribution in [2.24, 2.45) is 7.05 Å². The number of hydrogen-bond acceptors (Lipinski definition) is 7. The van der Waals surface area contributed by atoms with E-state index in [0.717, 1.165) is 29.6 Å². The van der Waals surface area contributed by atoms with E-state index in [0.29, 0.717) is 42.5 Å². The van der Waals surface area contributed by atoms with Crippen LogP contribution < -0.4 is 10.2 Å². The summed E-state index contributed by atoms with van der Waals surface area (Å²) in [5, 5.41) is 7.62. The average Bonchev–Trinajstić information content (AvgIpc) is 3.66. The third kappa shape index (κ3) is 5.57. The summed E-state index contributed by atoms with van der Waals surface area (Å²) in [4.78, 5) is 36.8. The van der Waals surface area contributed by atoms with E-state index in [-0.39, 0.29) is 17.9 Å². The zero-order valence-corrected chi connectivity index (χ0v) is 20.3. The molecule has 11 heteroatoms. The number of hydrogen-bond donors (Lipinski definition) is 1. The van der Waals surface area contributed by atoms with E-state index < -0.39 is 0 Å². The van der Waals surface area contributed by atoms with Crippen LogP contribution in [0.1, 0.15) is 40.1 Å². The Kier molecular flexibility index (Phi) is 6.87. The minimum absolute atomic E-state index is 0.0170. The molecule has 5 heterocycles. The lowest BCUT2D eigenvalue weighted by Crippen LogP contribution is -2.37. The maximum absolute atomic E-state index is 13.2. The van der Waals surface area contributed by atoms with Crippen LogP contribution in [0.5, 0.6) is 0 Å². The fourth-order valence-corrected chi connectivity index (χ4v) is 4.96. The number of imidazole rings is 1. The van der Waals surface area contributed by atoms with Crippen LogP contribution in [0.25, 0.3) is 5.65 Å². The van der Waals surface area contributed by atoms with E-state index in [1.165, 1.54) is 17.5 Å². The Morgan fingerprint density at radius 2 is 2.14 bits per heavy atom. The van der Waals surface area contributed by atoms with Gasteiger partial charge in [-0.05, 0) is 36.5 Å². The predicted molar refractivity (Wildman–Crippen MR) is 131 cm³/mol. The summed E-state index contributed by atoms with van der Waals surface area (Å²) < 4.78 is 9.41. The molecular formula is C24H27N7O3S. The second kappa shape index (κ2) is 10.4. The van der Waals surface area contributed by atoms with E-state index >= 15 is 0 Å². The van der Waals surface area contributed by atoms with Gasteiger partial charge in [-0.2, -0.15) is 5.10 Å². The van der Waals surface area contributed by atoms with Gasteiger partial charge in [0.15, 0.2) is 5.13 Å². The van der Waals surface area contributed by atoms with Crippen molar-refractivity contribution in [1.82, 2.24) is 29.5 Å². The molecule has 1 unspecified atom stereocenters. The van der Waals surface area contributed by atoms with E-state index in [2.05, 4.69) is 20.4 Å². The molecule has 1 atom stereocenters. The first-order valence-corrected chi connectivity index (χ1v) is 12.4. The summed E-state index contributed by atoms with van der Waals surface area (Å²) in [6.45, 7) is 1.52. The van der Waals surface area contributed by atoms with Crippen molar-refractivity contribution in [3.63, 3.8) is 0 Å². The first-order chi connectivity index (χ1) is 17.0. The van der Waals surface area contributed by atoms with Crippen molar-refractivity contribution in [3.8, 4) is 0 Å². The summed E-state index contributed by atoms with van der Waals surface area (Å²) in [5.41, 5.74) is 2.82. The number of aromatic nitrogens is 5. The Morgan fingerprint density at radius 1 is 1.23 bits per heavy atom. The lowest BCUT2D eigenvalue weighted by Gasteiger charge is -2.23. The van der Waals surface area contributed by atoms with Crippen molar-refractivity contribution in [3.05, 3.63) is 65.3 Å². The van der Waals surface area contributed by atoms with E-state index in [1.54, 1.807) is 22.0 Å². The Hall–Kier alpha value is -3.57. The number of nitrogens with one attached hydrogen (secondary N) is 1. The Balaban J connectivity index is 1.25. The maximum atomic E-state index is 13.2. The number of fused-ring (bicyclic) bond motifs is 1. The summed E-state index contributed by atoms with van der Waals surface area (Å²) in [6, 6.07) is 3.84. The standard InChI is InChI=1S/C24H27N7O3S/c1-29-14-18(12-28-29)5-7-22(32)31(16-19-3-2-10-34-19)24-27-13-20(35-24)23(33)26-11-17-4-6-21-25-8-9-30(21)15-17/h4,6,8-9,12-15,19H,2-3,5,7,10-11,16H2,1H3,(H,26,33). The first kappa shape index (κ1) is 23.2. The molecule has 182 valence electrons. The van der Waals surface area contributed by atoms with Gasteiger partial charge in [0, 0.05) is 51.4 Å². The van der Waals surface area contributed by atoms with E-state index in [4.69, 9.17) is 4.74 Å². The van der Waals surface area contributed by atoms with Crippen molar-refractivity contribution in [2.45, 2.75) is 38.3 Å². The van der Waals surface area contributed by atoms with Crippen LogP contribution in [0, 0.1) is 0 Å². The Labute approximate surface area is 206 Å². The van der Waals surface area contributed by atoms with Crippen LogP contribution in [-0.2, 0) is 29.5 Å². The molecule has 4 aromatic heterocycles. The van der Waals surface area contributed by atoms with Crippen molar-refractivity contribution in [1.29, 1.82) is 0 Å². The highest BCUT2D eigenvalue weighted by Crippen LogP contribution is 2.26. The highest BCUT2D eigenvalue weighted by atomic mass is 32.1. The number of anilines is 1. The number of carbonyl (C=O) groups excluding carboxylic acids is 2. The second-order valence-corrected chi connectivity index (χ2v) is 9.59. The van der Waals surface area contributed by atoms with E-state index in [9.17, 15) is 9.59 Å². The van der Waals surface area contributed by atoms with Gasteiger partial charge in [-0.25, -0.2) is 9.97 Å². The summed E-state index contributed by atoms with van der Waals surface area (Å²) in [7, 11) is 1.85. The molecule has 0 spiro atoms. The van der Waals surface area contributed by atoms with Crippen LogP contribution >= 0.6 is 11.3 Å². The van der Waals surface area contributed by atoms with Gasteiger partial charge in [0.25, 0.3) is 5.91 Å². The number of aryl methyl sites for hydroxylation is 2. The molecule has 0 saturated carbocycles. The molecule has 5 rings (SSSR count). The zero-order valence-electron chi connectivity index (χ0n) is 19.5. The van der Waals surface area contributed by atoms with Gasteiger partial charge in [-0.15, -0.1) is 0 Å². The van der Waals surface area contributed by atoms with Gasteiger partial charge in [0.1, 0.15) is 10.5 Å². The number of nitrogens with zero attached hydrogens (tertiary/aromatic N) is 6. The van der Waals surface area contributed by atoms with Crippen LogP contribution in [0.4, 0.5) is 5.13 Å². The maximum Gasteiger partial charge on any atom is 0.263 e. The quantitative estimate of drug-likeness (QED) is 0.384. The van der Waals surface area contributed by atoms with Crippen LogP contribution in [0.3, 0.4) is 0 Å². The lowest BCUT2D eigenvalue weighted by molar-refractivity contribution is -0.119. The summed E-state index contributed by atoms with van der Waals surface area (Å²) >= 11 is 1.22. The molecule has 1 aliphatic heterocycles. The van der Waals surface area contributed by atoms with E-state index in [1.807, 2.05) is 42.2 Å². The monoisotopic (exact) mass is 493 g/mol. The van der Waals surface area contributed by atoms with Gasteiger partial charge in [-0.1, -0.05) is 17.4 Å². The summed E-state index contributed by atoms with van der Waals surface area (Å²) in [6.07, 6.45) is 13.5. The van der Waals surface area contributed by atoms with Gasteiger partial charge in [0.2, 0.25) is 5.91 Å². The molecule has 0 radical (unpaired) electrons. The fraction of sp³-hybridized carbons (Fsp3) is 0.375. The molecule has 1 fully saturated rings.